The number of hydrogen-bond acceptors (Lipinski definition) is 3. The Hall–Kier alpha value is -1.53. The van der Waals surface area contributed by atoms with E-state index in [-0.39, 0.29) is 30.8 Å². The fourth-order valence-corrected chi connectivity index (χ4v) is 2.54. The third-order valence-electron chi connectivity index (χ3n) is 3.45. The number of aliphatic hydroxyl groups is 1. The van der Waals surface area contributed by atoms with Crippen LogP contribution in [0.25, 0.3) is 0 Å². The lowest BCUT2D eigenvalue weighted by molar-refractivity contribution is -0.139. The summed E-state index contributed by atoms with van der Waals surface area (Å²) in [6.07, 6.45) is -0.512. The molecular weight excluding hydrogens is 280 g/mol. The molecule has 1 aromatic rings. The highest BCUT2D eigenvalue weighted by atomic mass is 19.1. The van der Waals surface area contributed by atoms with Gasteiger partial charge in [-0.1, -0.05) is 0 Å². The van der Waals surface area contributed by atoms with Gasteiger partial charge in [0.2, 0.25) is 0 Å². The predicted molar refractivity (Wildman–Crippen MR) is 73.0 cm³/mol. The molecule has 0 saturated carbocycles. The van der Waals surface area contributed by atoms with Crippen molar-refractivity contribution in [3.8, 4) is 0 Å². The normalized spacial score (nSPS) is 21.4. The van der Waals surface area contributed by atoms with Gasteiger partial charge in [-0.3, -0.25) is 4.79 Å². The lowest BCUT2D eigenvalue weighted by atomic mass is 10.0. The van der Waals surface area contributed by atoms with Gasteiger partial charge < -0.3 is 14.7 Å². The zero-order valence-corrected chi connectivity index (χ0v) is 12.3. The summed E-state index contributed by atoms with van der Waals surface area (Å²) in [5.41, 5.74) is -0.582. The van der Waals surface area contributed by atoms with Crippen LogP contribution in [0, 0.1) is 18.6 Å². The molecule has 0 spiro atoms. The van der Waals surface area contributed by atoms with E-state index in [4.69, 9.17) is 4.74 Å². The molecule has 1 atom stereocenters. The van der Waals surface area contributed by atoms with E-state index in [1.54, 1.807) is 13.8 Å². The van der Waals surface area contributed by atoms with Crippen molar-refractivity contribution < 1.29 is 23.4 Å². The van der Waals surface area contributed by atoms with Crippen molar-refractivity contribution >= 4 is 5.91 Å². The van der Waals surface area contributed by atoms with Gasteiger partial charge in [0.15, 0.2) is 0 Å². The van der Waals surface area contributed by atoms with E-state index < -0.39 is 29.2 Å². The van der Waals surface area contributed by atoms with E-state index in [1.807, 2.05) is 0 Å². The molecule has 0 bridgehead atoms. The van der Waals surface area contributed by atoms with Gasteiger partial charge in [-0.25, -0.2) is 8.78 Å². The van der Waals surface area contributed by atoms with E-state index in [0.29, 0.717) is 0 Å². The highest BCUT2D eigenvalue weighted by Crippen LogP contribution is 2.24. The van der Waals surface area contributed by atoms with E-state index >= 15 is 0 Å². The number of rotatable bonds is 2. The van der Waals surface area contributed by atoms with Crippen LogP contribution >= 0.6 is 0 Å². The molecule has 1 aliphatic rings. The average molecular weight is 299 g/mol. The summed E-state index contributed by atoms with van der Waals surface area (Å²) in [4.78, 5) is 13.9. The highest BCUT2D eigenvalue weighted by molar-refractivity contribution is 5.94. The minimum atomic E-state index is -0.882. The minimum Gasteiger partial charge on any atom is -0.394 e. The van der Waals surface area contributed by atoms with Crippen molar-refractivity contribution in [2.45, 2.75) is 32.5 Å². The Morgan fingerprint density at radius 3 is 2.71 bits per heavy atom. The second-order valence-corrected chi connectivity index (χ2v) is 5.95. The van der Waals surface area contributed by atoms with Crippen molar-refractivity contribution in [3.05, 3.63) is 34.9 Å². The average Bonchev–Trinajstić information content (AvgIpc) is 2.40. The van der Waals surface area contributed by atoms with E-state index in [9.17, 15) is 18.7 Å². The Morgan fingerprint density at radius 2 is 2.10 bits per heavy atom. The van der Waals surface area contributed by atoms with Crippen molar-refractivity contribution in [2.24, 2.45) is 0 Å². The number of carbonyl (C=O) groups excluding carboxylic acids is 1. The van der Waals surface area contributed by atoms with E-state index in [1.165, 1.54) is 17.9 Å². The third-order valence-corrected chi connectivity index (χ3v) is 3.45. The Kier molecular flexibility index (Phi) is 4.30. The maximum atomic E-state index is 13.8. The summed E-state index contributed by atoms with van der Waals surface area (Å²) >= 11 is 0. The van der Waals surface area contributed by atoms with Crippen LogP contribution in [0.4, 0.5) is 8.78 Å². The van der Waals surface area contributed by atoms with Crippen LogP contribution < -0.4 is 0 Å². The molecule has 21 heavy (non-hydrogen) atoms. The number of ether oxygens (including phenoxy) is 1. The van der Waals surface area contributed by atoms with E-state index in [2.05, 4.69) is 0 Å². The molecular formula is C15H19F2NO3. The maximum absolute atomic E-state index is 13.8. The van der Waals surface area contributed by atoms with E-state index in [0.717, 1.165) is 6.07 Å². The molecule has 116 valence electrons. The first-order valence-corrected chi connectivity index (χ1v) is 6.77. The molecule has 1 N–H and O–H groups in total. The first-order valence-electron chi connectivity index (χ1n) is 6.77. The van der Waals surface area contributed by atoms with Crippen LogP contribution in [-0.2, 0) is 4.74 Å². The summed E-state index contributed by atoms with van der Waals surface area (Å²) in [6.45, 7) is 5.29. The lowest BCUT2D eigenvalue weighted by Gasteiger charge is -2.42. The van der Waals surface area contributed by atoms with Crippen LogP contribution in [0.5, 0.6) is 0 Å². The Balaban J connectivity index is 2.29. The van der Waals surface area contributed by atoms with Crippen molar-refractivity contribution in [1.82, 2.24) is 4.90 Å². The maximum Gasteiger partial charge on any atom is 0.257 e. The third kappa shape index (κ3) is 3.39. The van der Waals surface area contributed by atoms with Gasteiger partial charge >= 0.3 is 0 Å². The molecule has 0 radical (unpaired) electrons. The smallest absolute Gasteiger partial charge is 0.257 e. The van der Waals surface area contributed by atoms with Gasteiger partial charge in [-0.05, 0) is 32.4 Å². The minimum absolute atomic E-state index is 0.164. The van der Waals surface area contributed by atoms with Crippen molar-refractivity contribution in [2.75, 3.05) is 19.7 Å². The molecule has 4 nitrogen and oxygen atoms in total. The molecule has 6 heteroatoms. The quantitative estimate of drug-likeness (QED) is 0.907. The fraction of sp³-hybridized carbons (Fsp3) is 0.533. The number of halogens is 2. The number of aryl methyl sites for hydroxylation is 1. The summed E-state index contributed by atoms with van der Waals surface area (Å²) in [5, 5.41) is 9.24. The Labute approximate surface area is 122 Å². The number of aliphatic hydroxyl groups excluding tert-OH is 1. The summed E-state index contributed by atoms with van der Waals surface area (Å²) < 4.78 is 32.7. The molecule has 1 heterocycles. The Morgan fingerprint density at radius 1 is 1.43 bits per heavy atom. The number of hydrogen-bond donors (Lipinski definition) is 1. The predicted octanol–water partition coefficient (Wildman–Crippen LogP) is 1.89. The van der Waals surface area contributed by atoms with Crippen molar-refractivity contribution in [3.63, 3.8) is 0 Å². The summed E-state index contributed by atoms with van der Waals surface area (Å²) in [7, 11) is 0. The number of carbonyl (C=O) groups is 1. The van der Waals surface area contributed by atoms with Crippen LogP contribution in [0.15, 0.2) is 12.1 Å². The van der Waals surface area contributed by atoms with Gasteiger partial charge in [0.25, 0.3) is 5.91 Å². The monoisotopic (exact) mass is 299 g/mol. The first-order chi connectivity index (χ1) is 9.73. The van der Waals surface area contributed by atoms with Crippen LogP contribution in [0.3, 0.4) is 0 Å². The largest absolute Gasteiger partial charge is 0.394 e. The first kappa shape index (κ1) is 15.9. The zero-order chi connectivity index (χ0) is 15.8. The Bertz CT molecular complexity index is 560. The molecule has 1 unspecified atom stereocenters. The van der Waals surface area contributed by atoms with Crippen LogP contribution in [-0.4, -0.2) is 47.3 Å². The zero-order valence-electron chi connectivity index (χ0n) is 12.3. The van der Waals surface area contributed by atoms with Gasteiger partial charge in [0, 0.05) is 19.2 Å². The standard InChI is InChI=1S/C15H19F2NO3/c1-9-4-11(13(17)5-12(9)16)14(20)18-6-10(7-19)21-15(2,3)8-18/h4-5,10,19H,6-8H2,1-3H3. The van der Waals surface area contributed by atoms with Crippen molar-refractivity contribution in [1.29, 1.82) is 0 Å². The SMILES string of the molecule is Cc1cc(C(=O)N2CC(CO)OC(C)(C)C2)c(F)cc1F. The number of nitrogens with zero attached hydrogens (tertiary/aromatic N) is 1. The number of benzene rings is 1. The summed E-state index contributed by atoms with van der Waals surface area (Å²) in [5.74, 6) is -2.09. The van der Waals surface area contributed by atoms with Gasteiger partial charge in [-0.15, -0.1) is 0 Å². The molecule has 0 aliphatic carbocycles. The molecule has 1 amide bonds. The molecule has 1 aliphatic heterocycles. The molecule has 1 fully saturated rings. The second kappa shape index (κ2) is 5.69. The number of morpholine rings is 1. The van der Waals surface area contributed by atoms with Gasteiger partial charge in [0.05, 0.1) is 23.9 Å². The van der Waals surface area contributed by atoms with Gasteiger partial charge in [0.1, 0.15) is 11.6 Å². The molecule has 2 rings (SSSR count). The van der Waals surface area contributed by atoms with Gasteiger partial charge in [-0.2, -0.15) is 0 Å². The fourth-order valence-electron chi connectivity index (χ4n) is 2.54. The van der Waals surface area contributed by atoms with Crippen LogP contribution in [0.1, 0.15) is 29.8 Å². The highest BCUT2D eigenvalue weighted by Gasteiger charge is 2.36. The lowest BCUT2D eigenvalue weighted by Crippen LogP contribution is -2.55. The second-order valence-electron chi connectivity index (χ2n) is 5.95. The molecule has 1 saturated heterocycles. The molecule has 1 aromatic carbocycles. The molecule has 0 aromatic heterocycles. The van der Waals surface area contributed by atoms with Crippen LogP contribution in [0.2, 0.25) is 0 Å². The summed E-state index contributed by atoms with van der Waals surface area (Å²) in [6, 6.07) is 1.93. The topological polar surface area (TPSA) is 49.8 Å². The number of amides is 1.